The fraction of sp³-hybridized carbons (Fsp3) is 0.625. The summed E-state index contributed by atoms with van der Waals surface area (Å²) in [7, 11) is 0. The molecule has 0 bridgehead atoms. The first-order valence-electron chi connectivity index (χ1n) is 3.29. The van der Waals surface area contributed by atoms with Crippen molar-refractivity contribution >= 4 is 6.21 Å². The first-order chi connectivity index (χ1) is 4.13. The summed E-state index contributed by atoms with van der Waals surface area (Å²) in [5.41, 5.74) is 1.24. The van der Waals surface area contributed by atoms with Gasteiger partial charge in [0.05, 0.1) is 0 Å². The smallest absolute Gasteiger partial charge is 0.0250 e. The number of aliphatic imine (C=N–C) groups is 1. The fourth-order valence-corrected chi connectivity index (χ4v) is 0.364. The quantitative estimate of drug-likeness (QED) is 0.503. The Hall–Kier alpha value is -0.590. The molecule has 0 fully saturated rings. The highest BCUT2D eigenvalue weighted by atomic mass is 14.7. The van der Waals surface area contributed by atoms with Gasteiger partial charge in [0.25, 0.3) is 0 Å². The lowest BCUT2D eigenvalue weighted by molar-refractivity contribution is 0.907. The molecule has 52 valence electrons. The molecule has 0 saturated heterocycles. The summed E-state index contributed by atoms with van der Waals surface area (Å²) >= 11 is 0. The van der Waals surface area contributed by atoms with Crippen molar-refractivity contribution in [3.8, 4) is 0 Å². The molecule has 0 amide bonds. The normalized spacial score (nSPS) is 10.8. The van der Waals surface area contributed by atoms with Crippen LogP contribution in [0.4, 0.5) is 0 Å². The van der Waals surface area contributed by atoms with Crippen molar-refractivity contribution in [1.82, 2.24) is 0 Å². The van der Waals surface area contributed by atoms with Crippen molar-refractivity contribution in [2.75, 3.05) is 0 Å². The van der Waals surface area contributed by atoms with Crippen molar-refractivity contribution in [3.05, 3.63) is 11.8 Å². The molecule has 0 aliphatic heterocycles. The molecule has 0 aromatic rings. The zero-order valence-corrected chi connectivity index (χ0v) is 6.68. The van der Waals surface area contributed by atoms with Gasteiger partial charge in [-0.05, 0) is 19.8 Å². The molecule has 0 unspecified atom stereocenters. The molecule has 0 aliphatic carbocycles. The molecular weight excluding hydrogens is 110 g/mol. The molecule has 0 rings (SSSR count). The molecule has 0 aliphatic rings. The second-order valence-corrected chi connectivity index (χ2v) is 2.75. The van der Waals surface area contributed by atoms with E-state index >= 15 is 0 Å². The summed E-state index contributed by atoms with van der Waals surface area (Å²) < 4.78 is 0. The summed E-state index contributed by atoms with van der Waals surface area (Å²) in [6, 6.07) is 0. The second kappa shape index (κ2) is 4.30. The number of hydrogen-bond acceptors (Lipinski definition) is 1. The third kappa shape index (κ3) is 7.41. The molecule has 0 atom stereocenters. The maximum Gasteiger partial charge on any atom is 0.0250 e. The first kappa shape index (κ1) is 8.41. The van der Waals surface area contributed by atoms with Crippen LogP contribution in [0.2, 0.25) is 0 Å². The van der Waals surface area contributed by atoms with E-state index in [1.165, 1.54) is 5.57 Å². The minimum atomic E-state index is 0.556. The summed E-state index contributed by atoms with van der Waals surface area (Å²) in [6.45, 7) is 8.31. The Kier molecular flexibility index (Phi) is 4.02. The minimum absolute atomic E-state index is 0.556. The van der Waals surface area contributed by atoms with Crippen molar-refractivity contribution in [2.24, 2.45) is 10.9 Å². The number of nitrogens with zero attached hydrogens (tertiary/aromatic N) is 1. The van der Waals surface area contributed by atoms with Gasteiger partial charge in [-0.1, -0.05) is 19.4 Å². The van der Waals surface area contributed by atoms with E-state index in [0.29, 0.717) is 5.92 Å². The largest absolute Gasteiger partial charge is 0.269 e. The van der Waals surface area contributed by atoms with Crippen LogP contribution in [0.5, 0.6) is 0 Å². The highest BCUT2D eigenvalue weighted by Gasteiger charge is 1.80. The van der Waals surface area contributed by atoms with Crippen LogP contribution in [0.25, 0.3) is 0 Å². The molecular formula is C8H15N. The fourth-order valence-electron chi connectivity index (χ4n) is 0.364. The van der Waals surface area contributed by atoms with Crippen LogP contribution in [0.15, 0.2) is 16.8 Å². The Labute approximate surface area is 57.5 Å². The summed E-state index contributed by atoms with van der Waals surface area (Å²) in [5, 5.41) is 0. The monoisotopic (exact) mass is 125 g/mol. The number of rotatable bonds is 2. The zero-order valence-electron chi connectivity index (χ0n) is 6.68. The Morgan fingerprint density at radius 1 is 1.33 bits per heavy atom. The molecule has 0 spiro atoms. The lowest BCUT2D eigenvalue weighted by Gasteiger charge is -1.89. The predicted octanol–water partition coefficient (Wildman–Crippen LogP) is 2.64. The first-order valence-corrected chi connectivity index (χ1v) is 3.29. The van der Waals surface area contributed by atoms with E-state index in [0.717, 1.165) is 0 Å². The van der Waals surface area contributed by atoms with E-state index < -0.39 is 0 Å². The second-order valence-electron chi connectivity index (χ2n) is 2.75. The molecule has 0 aromatic carbocycles. The molecule has 9 heavy (non-hydrogen) atoms. The van der Waals surface area contributed by atoms with E-state index in [-0.39, 0.29) is 0 Å². The van der Waals surface area contributed by atoms with Gasteiger partial charge in [0.1, 0.15) is 0 Å². The van der Waals surface area contributed by atoms with Gasteiger partial charge in [-0.25, -0.2) is 0 Å². The van der Waals surface area contributed by atoms with Crippen molar-refractivity contribution in [1.29, 1.82) is 0 Å². The Balaban J connectivity index is 3.60. The molecule has 1 nitrogen and oxygen atoms in total. The molecule has 0 saturated carbocycles. The van der Waals surface area contributed by atoms with Gasteiger partial charge in [-0.3, -0.25) is 4.99 Å². The average molecular weight is 125 g/mol. The summed E-state index contributed by atoms with van der Waals surface area (Å²) in [6.07, 6.45) is 3.81. The maximum absolute atomic E-state index is 4.08. The SMILES string of the molecule is CC(C)=C/N=C/C(C)C. The van der Waals surface area contributed by atoms with Crippen LogP contribution in [-0.2, 0) is 0 Å². The molecule has 1 heteroatoms. The Morgan fingerprint density at radius 3 is 2.22 bits per heavy atom. The topological polar surface area (TPSA) is 12.4 Å². The van der Waals surface area contributed by atoms with E-state index in [4.69, 9.17) is 0 Å². The summed E-state index contributed by atoms with van der Waals surface area (Å²) in [5.74, 6) is 0.556. The van der Waals surface area contributed by atoms with Crippen molar-refractivity contribution < 1.29 is 0 Å². The molecule has 0 aromatic heterocycles. The van der Waals surface area contributed by atoms with Crippen LogP contribution in [0, 0.1) is 5.92 Å². The van der Waals surface area contributed by atoms with Gasteiger partial charge in [0.2, 0.25) is 0 Å². The van der Waals surface area contributed by atoms with Crippen LogP contribution in [0.1, 0.15) is 27.7 Å². The van der Waals surface area contributed by atoms with E-state index in [2.05, 4.69) is 18.8 Å². The predicted molar refractivity (Wildman–Crippen MR) is 42.8 cm³/mol. The zero-order chi connectivity index (χ0) is 7.28. The van der Waals surface area contributed by atoms with Gasteiger partial charge in [-0.15, -0.1) is 0 Å². The Morgan fingerprint density at radius 2 is 1.89 bits per heavy atom. The lowest BCUT2D eigenvalue weighted by Crippen LogP contribution is -1.84. The van der Waals surface area contributed by atoms with Crippen LogP contribution in [0.3, 0.4) is 0 Å². The van der Waals surface area contributed by atoms with Crippen LogP contribution < -0.4 is 0 Å². The molecule has 0 heterocycles. The van der Waals surface area contributed by atoms with Crippen LogP contribution >= 0.6 is 0 Å². The summed E-state index contributed by atoms with van der Waals surface area (Å²) in [4.78, 5) is 4.08. The maximum atomic E-state index is 4.08. The highest BCUT2D eigenvalue weighted by molar-refractivity contribution is 5.60. The Bertz CT molecular complexity index is 117. The van der Waals surface area contributed by atoms with Crippen LogP contribution in [-0.4, -0.2) is 6.21 Å². The highest BCUT2D eigenvalue weighted by Crippen LogP contribution is 1.90. The minimum Gasteiger partial charge on any atom is -0.269 e. The van der Waals surface area contributed by atoms with Gasteiger partial charge in [0, 0.05) is 12.4 Å². The van der Waals surface area contributed by atoms with Gasteiger partial charge >= 0.3 is 0 Å². The third-order valence-electron chi connectivity index (χ3n) is 0.717. The molecule has 0 N–H and O–H groups in total. The van der Waals surface area contributed by atoms with Gasteiger partial charge in [0.15, 0.2) is 0 Å². The lowest BCUT2D eigenvalue weighted by atomic mass is 10.2. The number of allylic oxidation sites excluding steroid dienone is 1. The van der Waals surface area contributed by atoms with E-state index in [1.807, 2.05) is 26.3 Å². The van der Waals surface area contributed by atoms with E-state index in [9.17, 15) is 0 Å². The van der Waals surface area contributed by atoms with Gasteiger partial charge < -0.3 is 0 Å². The van der Waals surface area contributed by atoms with Crippen molar-refractivity contribution in [2.45, 2.75) is 27.7 Å². The van der Waals surface area contributed by atoms with Gasteiger partial charge in [-0.2, -0.15) is 0 Å². The van der Waals surface area contributed by atoms with E-state index in [1.54, 1.807) is 0 Å². The number of hydrogen-bond donors (Lipinski definition) is 0. The molecule has 0 radical (unpaired) electrons. The standard InChI is InChI=1S/C8H15N/c1-7(2)5-9-6-8(3)4/h5-7H,1-4H3/b9-5+. The average Bonchev–Trinajstić information content (AvgIpc) is 1.63. The van der Waals surface area contributed by atoms with Crippen molar-refractivity contribution in [3.63, 3.8) is 0 Å². The third-order valence-corrected chi connectivity index (χ3v) is 0.717.